The van der Waals surface area contributed by atoms with Gasteiger partial charge in [-0.1, -0.05) is 35.9 Å². The highest BCUT2D eigenvalue weighted by Gasteiger charge is 2.44. The second-order valence-corrected chi connectivity index (χ2v) is 16.3. The summed E-state index contributed by atoms with van der Waals surface area (Å²) in [6.45, 7) is 6.78. The molecule has 3 heterocycles. The zero-order valence-electron chi connectivity index (χ0n) is 28.7. The number of carbonyl (C=O) groups is 2. The molecule has 1 saturated carbocycles. The lowest BCUT2D eigenvalue weighted by Crippen LogP contribution is -2.49. The Labute approximate surface area is 289 Å². The fourth-order valence-electron chi connectivity index (χ4n) is 8.13. The van der Waals surface area contributed by atoms with Crippen molar-refractivity contribution in [2.75, 3.05) is 37.5 Å². The zero-order valence-corrected chi connectivity index (χ0v) is 29.5. The number of rotatable bonds is 4. The normalized spacial score (nSPS) is 29.0. The first-order valence-corrected chi connectivity index (χ1v) is 19.3. The third kappa shape index (κ3) is 6.79. The van der Waals surface area contributed by atoms with E-state index < -0.39 is 21.7 Å². The summed E-state index contributed by atoms with van der Waals surface area (Å²) in [7, 11) is -1.69. The van der Waals surface area contributed by atoms with Gasteiger partial charge in [-0.05, 0) is 100.0 Å². The molecule has 1 fully saturated rings. The van der Waals surface area contributed by atoms with Crippen LogP contribution in [0.5, 0.6) is 5.75 Å². The van der Waals surface area contributed by atoms with Crippen LogP contribution in [0.2, 0.25) is 0 Å². The summed E-state index contributed by atoms with van der Waals surface area (Å²) in [5, 5.41) is 4.17. The van der Waals surface area contributed by atoms with E-state index in [1.807, 2.05) is 19.1 Å². The SMILES string of the molecule is CCn1cc(C(=O)N[S@@]2(=O)=NC(=O)c3ccc4c(c3)N(C[C@@H]3CC[C@H]3[C@@H](OC)/C=C/CCC2)C[C@@]2(CCCc3cc(C)ccc32)CO4)cn1. The average molecular weight is 686 g/mol. The maximum absolute atomic E-state index is 14.3. The first kappa shape index (κ1) is 33.5. The quantitative estimate of drug-likeness (QED) is 0.334. The highest BCUT2D eigenvalue weighted by Crippen LogP contribution is 2.46. The Morgan fingerprint density at radius 2 is 2.06 bits per heavy atom. The first-order chi connectivity index (χ1) is 23.7. The van der Waals surface area contributed by atoms with E-state index in [1.54, 1.807) is 24.1 Å². The Kier molecular flexibility index (Phi) is 9.41. The van der Waals surface area contributed by atoms with Crippen molar-refractivity contribution in [1.29, 1.82) is 0 Å². The predicted molar refractivity (Wildman–Crippen MR) is 190 cm³/mol. The van der Waals surface area contributed by atoms with Crippen LogP contribution < -0.4 is 14.4 Å². The van der Waals surface area contributed by atoms with E-state index >= 15 is 0 Å². The number of methoxy groups -OCH3 is 1. The van der Waals surface area contributed by atoms with Gasteiger partial charge in [-0.2, -0.15) is 5.10 Å². The van der Waals surface area contributed by atoms with Gasteiger partial charge in [0.2, 0.25) is 0 Å². The lowest BCUT2D eigenvalue weighted by Gasteiger charge is -2.46. The number of fused-ring (bicyclic) bond motifs is 4. The van der Waals surface area contributed by atoms with Crippen LogP contribution in [0.1, 0.15) is 82.9 Å². The lowest BCUT2D eigenvalue weighted by atomic mass is 9.68. The van der Waals surface area contributed by atoms with Crippen molar-refractivity contribution in [3.05, 3.63) is 88.8 Å². The number of aryl methyl sites for hydroxylation is 3. The number of aromatic nitrogens is 2. The van der Waals surface area contributed by atoms with Gasteiger partial charge in [-0.3, -0.25) is 19.0 Å². The third-order valence-corrected chi connectivity index (χ3v) is 12.7. The number of allylic oxidation sites excluding steroid dienone is 1. The van der Waals surface area contributed by atoms with Gasteiger partial charge < -0.3 is 14.4 Å². The molecule has 1 aromatic heterocycles. The Morgan fingerprint density at radius 1 is 1.18 bits per heavy atom. The van der Waals surface area contributed by atoms with Crippen molar-refractivity contribution >= 4 is 27.4 Å². The second-order valence-electron chi connectivity index (χ2n) is 14.2. The molecule has 4 aliphatic rings. The number of nitrogens with zero attached hydrogens (tertiary/aromatic N) is 4. The standard InChI is InChI=1S/C38H47N5O5S/c1-4-43-23-30(21-39-43)37(45)41-49(46)18-7-5-6-10-34(47-3)31-14-12-29(31)22-42-24-38(17-8-9-27-19-26(2)11-15-32(27)38)25-48-35-16-13-28(20-33(35)42)36(44)40-49/h6,10-11,13,15-16,19-21,23,29,31,34H,4-5,7-9,12,14,17-18,22,24-25H2,1-3H3,(H,40,41,44,45,46)/b10-6+/t29-,31+,34-,38-,49-/m0/s1. The minimum atomic E-state index is -3.46. The summed E-state index contributed by atoms with van der Waals surface area (Å²) in [6.07, 6.45) is 13.7. The highest BCUT2D eigenvalue weighted by atomic mass is 32.2. The van der Waals surface area contributed by atoms with Crippen molar-refractivity contribution in [3.8, 4) is 5.75 Å². The molecular formula is C38H47N5O5S. The molecule has 5 atom stereocenters. The number of anilines is 1. The Hall–Kier alpha value is -3.96. The van der Waals surface area contributed by atoms with E-state index in [0.717, 1.165) is 56.6 Å². The molecule has 49 heavy (non-hydrogen) atoms. The first-order valence-electron chi connectivity index (χ1n) is 17.6. The van der Waals surface area contributed by atoms with Crippen molar-refractivity contribution < 1.29 is 23.3 Å². The van der Waals surface area contributed by atoms with E-state index in [1.165, 1.54) is 22.9 Å². The van der Waals surface area contributed by atoms with Crippen LogP contribution in [0.4, 0.5) is 5.69 Å². The number of nitrogens with one attached hydrogen (secondary N) is 1. The van der Waals surface area contributed by atoms with Crippen LogP contribution in [-0.2, 0) is 33.0 Å². The van der Waals surface area contributed by atoms with Gasteiger partial charge in [0.05, 0.1) is 35.9 Å². The van der Waals surface area contributed by atoms with Gasteiger partial charge in [-0.15, -0.1) is 4.36 Å². The number of carbonyl (C=O) groups excluding carboxylic acids is 2. The minimum absolute atomic E-state index is 0.0292. The van der Waals surface area contributed by atoms with E-state index in [-0.39, 0.29) is 22.8 Å². The van der Waals surface area contributed by atoms with Gasteiger partial charge in [-0.25, -0.2) is 4.21 Å². The summed E-state index contributed by atoms with van der Waals surface area (Å²) in [6, 6.07) is 12.2. The van der Waals surface area contributed by atoms with Crippen LogP contribution in [-0.4, -0.2) is 64.5 Å². The molecule has 2 bridgehead atoms. The van der Waals surface area contributed by atoms with Gasteiger partial charge in [0.25, 0.3) is 11.8 Å². The van der Waals surface area contributed by atoms with Crippen LogP contribution in [0.15, 0.2) is 65.3 Å². The number of hydrogen-bond acceptors (Lipinski definition) is 7. The molecular weight excluding hydrogens is 639 g/mol. The van der Waals surface area contributed by atoms with E-state index in [4.69, 9.17) is 9.47 Å². The van der Waals surface area contributed by atoms with Gasteiger partial charge in [0.15, 0.2) is 0 Å². The molecule has 2 aliphatic carbocycles. The molecule has 260 valence electrons. The lowest BCUT2D eigenvalue weighted by molar-refractivity contribution is 0.0132. The Balaban J connectivity index is 1.28. The Morgan fingerprint density at radius 3 is 2.84 bits per heavy atom. The van der Waals surface area contributed by atoms with E-state index in [9.17, 15) is 13.8 Å². The molecule has 3 aromatic rings. The van der Waals surface area contributed by atoms with Crippen molar-refractivity contribution in [2.24, 2.45) is 16.2 Å². The van der Waals surface area contributed by atoms with Crippen molar-refractivity contribution in [2.45, 2.75) is 76.9 Å². The van der Waals surface area contributed by atoms with Crippen LogP contribution in [0.25, 0.3) is 0 Å². The fraction of sp³-hybridized carbons (Fsp3) is 0.500. The molecule has 7 rings (SSSR count). The van der Waals surface area contributed by atoms with Gasteiger partial charge in [0.1, 0.15) is 15.7 Å². The zero-order chi connectivity index (χ0) is 34.2. The molecule has 10 nitrogen and oxygen atoms in total. The molecule has 2 aromatic carbocycles. The molecule has 2 aliphatic heterocycles. The highest BCUT2D eigenvalue weighted by molar-refractivity contribution is 7.92. The van der Waals surface area contributed by atoms with E-state index in [2.05, 4.69) is 56.4 Å². The number of hydrogen-bond donors (Lipinski definition) is 1. The summed E-state index contributed by atoms with van der Waals surface area (Å²) in [4.78, 5) is 29.5. The topological polar surface area (TPSA) is 115 Å². The maximum atomic E-state index is 14.3. The second kappa shape index (κ2) is 13.7. The average Bonchev–Trinajstić information content (AvgIpc) is 3.51. The predicted octanol–water partition coefficient (Wildman–Crippen LogP) is 6.03. The summed E-state index contributed by atoms with van der Waals surface area (Å²) < 4.78 is 35.4. The molecule has 0 radical (unpaired) electrons. The number of benzene rings is 2. The largest absolute Gasteiger partial charge is 0.490 e. The van der Waals surface area contributed by atoms with Crippen LogP contribution in [0.3, 0.4) is 0 Å². The number of ether oxygens (including phenoxy) is 2. The van der Waals surface area contributed by atoms with E-state index in [0.29, 0.717) is 43.4 Å². The van der Waals surface area contributed by atoms with Crippen LogP contribution in [0, 0.1) is 18.8 Å². The van der Waals surface area contributed by atoms with Crippen molar-refractivity contribution in [1.82, 2.24) is 14.5 Å². The third-order valence-electron chi connectivity index (χ3n) is 10.9. The molecule has 11 heteroatoms. The molecule has 1 N–H and O–H groups in total. The van der Waals surface area contributed by atoms with Gasteiger partial charge in [0, 0.05) is 43.9 Å². The van der Waals surface area contributed by atoms with Gasteiger partial charge >= 0.3 is 0 Å². The summed E-state index contributed by atoms with van der Waals surface area (Å²) in [5.41, 5.74) is 5.26. The monoisotopic (exact) mass is 685 g/mol. The molecule has 2 amide bonds. The molecule has 1 spiro atoms. The Bertz CT molecular complexity index is 1890. The minimum Gasteiger partial charge on any atom is -0.490 e. The maximum Gasteiger partial charge on any atom is 0.286 e. The number of amides is 2. The molecule has 0 unspecified atom stereocenters. The van der Waals surface area contributed by atoms with Crippen LogP contribution >= 0.6 is 0 Å². The van der Waals surface area contributed by atoms with Crippen molar-refractivity contribution in [3.63, 3.8) is 0 Å². The summed E-state index contributed by atoms with van der Waals surface area (Å²) in [5.74, 6) is 0.347. The smallest absolute Gasteiger partial charge is 0.286 e. The fourth-order valence-corrected chi connectivity index (χ4v) is 9.71. The summed E-state index contributed by atoms with van der Waals surface area (Å²) >= 11 is 0. The molecule has 0 saturated heterocycles.